The largest absolute Gasteiger partial charge is 0.391 e. The Morgan fingerprint density at radius 2 is 2.00 bits per heavy atom. The van der Waals surface area contributed by atoms with E-state index < -0.39 is 6.10 Å². The maximum Gasteiger partial charge on any atom is 0.0705 e. The lowest BCUT2D eigenvalue weighted by Gasteiger charge is -2.17. The first-order valence-corrected chi connectivity index (χ1v) is 5.50. The minimum atomic E-state index is -0.550. The van der Waals surface area contributed by atoms with Crippen molar-refractivity contribution in [3.63, 3.8) is 0 Å². The van der Waals surface area contributed by atoms with Gasteiger partial charge in [0.2, 0.25) is 0 Å². The molecule has 1 rings (SSSR count). The molecule has 0 fully saturated rings. The molecule has 13 heavy (non-hydrogen) atoms. The lowest BCUT2D eigenvalue weighted by Crippen LogP contribution is -2.23. The van der Waals surface area contributed by atoms with Crippen LogP contribution in [0.3, 0.4) is 0 Å². The van der Waals surface area contributed by atoms with Gasteiger partial charge in [0.25, 0.3) is 0 Å². The summed E-state index contributed by atoms with van der Waals surface area (Å²) in [5.41, 5.74) is 6.71. The van der Waals surface area contributed by atoms with Gasteiger partial charge in [-0.2, -0.15) is 0 Å². The van der Waals surface area contributed by atoms with Gasteiger partial charge in [0.1, 0.15) is 0 Å². The zero-order chi connectivity index (χ0) is 10.0. The highest BCUT2D eigenvalue weighted by atomic mass is 79.9. The van der Waals surface area contributed by atoms with Crippen molar-refractivity contribution in [2.24, 2.45) is 5.73 Å². The molecule has 72 valence electrons. The fraction of sp³-hybridized carbons (Fsp3) is 0.333. The highest BCUT2D eigenvalue weighted by Crippen LogP contribution is 2.30. The summed E-state index contributed by atoms with van der Waals surface area (Å²) in [5, 5.41) is 9.33. The van der Waals surface area contributed by atoms with Crippen LogP contribution >= 0.6 is 31.9 Å². The first-order chi connectivity index (χ1) is 6.04. The van der Waals surface area contributed by atoms with Crippen LogP contribution in [0.1, 0.15) is 18.5 Å². The van der Waals surface area contributed by atoms with Crippen LogP contribution in [0.2, 0.25) is 0 Å². The predicted octanol–water partition coefficient (Wildman–Crippen LogP) is 2.59. The molecule has 2 nitrogen and oxygen atoms in total. The van der Waals surface area contributed by atoms with Crippen molar-refractivity contribution in [2.75, 3.05) is 0 Å². The van der Waals surface area contributed by atoms with E-state index in [0.29, 0.717) is 0 Å². The van der Waals surface area contributed by atoms with E-state index >= 15 is 0 Å². The molecule has 0 saturated carbocycles. The van der Waals surface area contributed by atoms with Gasteiger partial charge >= 0.3 is 0 Å². The number of nitrogens with two attached hydrogens (primary N) is 1. The molecule has 0 aliphatic rings. The minimum absolute atomic E-state index is 0.355. The molecule has 0 bridgehead atoms. The normalized spacial score (nSPS) is 15.5. The number of halogens is 2. The second kappa shape index (κ2) is 4.55. The summed E-state index contributed by atoms with van der Waals surface area (Å²) in [7, 11) is 0. The first kappa shape index (κ1) is 11.2. The maximum atomic E-state index is 9.33. The third kappa shape index (κ3) is 2.53. The third-order valence-electron chi connectivity index (χ3n) is 1.86. The molecule has 1 aromatic rings. The van der Waals surface area contributed by atoms with Crippen LogP contribution in [0.5, 0.6) is 0 Å². The summed E-state index contributed by atoms with van der Waals surface area (Å²) in [4.78, 5) is 0. The lowest BCUT2D eigenvalue weighted by atomic mass is 10.0. The minimum Gasteiger partial charge on any atom is -0.391 e. The summed E-state index contributed by atoms with van der Waals surface area (Å²) >= 11 is 6.79. The van der Waals surface area contributed by atoms with E-state index in [0.717, 1.165) is 14.5 Å². The number of aliphatic hydroxyl groups excluding tert-OH is 1. The van der Waals surface area contributed by atoms with Crippen LogP contribution in [0, 0.1) is 0 Å². The third-order valence-corrected chi connectivity index (χ3v) is 3.94. The van der Waals surface area contributed by atoms with Crippen LogP contribution in [0.25, 0.3) is 0 Å². The van der Waals surface area contributed by atoms with Gasteiger partial charge in [-0.1, -0.05) is 12.1 Å². The second-order valence-corrected chi connectivity index (χ2v) is 4.56. The zero-order valence-corrected chi connectivity index (χ0v) is 10.3. The fourth-order valence-corrected chi connectivity index (χ4v) is 1.95. The second-order valence-electron chi connectivity index (χ2n) is 2.91. The lowest BCUT2D eigenvalue weighted by molar-refractivity contribution is 0.164. The molecular formula is C9H11Br2NO. The molecule has 0 heterocycles. The van der Waals surface area contributed by atoms with E-state index in [1.165, 1.54) is 0 Å². The topological polar surface area (TPSA) is 46.2 Å². The predicted molar refractivity (Wildman–Crippen MR) is 60.5 cm³/mol. The molecule has 1 aromatic carbocycles. The average Bonchev–Trinajstić information content (AvgIpc) is 2.08. The van der Waals surface area contributed by atoms with E-state index in [9.17, 15) is 5.11 Å². The van der Waals surface area contributed by atoms with Crippen molar-refractivity contribution in [1.29, 1.82) is 0 Å². The molecule has 0 aliphatic carbocycles. The Hall–Kier alpha value is 0.1000. The van der Waals surface area contributed by atoms with Crippen LogP contribution in [0.4, 0.5) is 0 Å². The smallest absolute Gasteiger partial charge is 0.0705 e. The summed E-state index contributed by atoms with van der Waals surface area (Å²) < 4.78 is 1.85. The van der Waals surface area contributed by atoms with E-state index in [1.54, 1.807) is 6.92 Å². The molecule has 0 radical (unpaired) electrons. The Morgan fingerprint density at radius 1 is 1.38 bits per heavy atom. The Morgan fingerprint density at radius 3 is 2.54 bits per heavy atom. The standard InChI is InChI=1S/C9H11Br2NO/c1-5(13)9(12)6-3-2-4-7(10)8(6)11/h2-5,9,13H,12H2,1H3/t5-,9+/m0/s1. The number of aliphatic hydroxyl groups is 1. The molecule has 2 atom stereocenters. The molecule has 0 amide bonds. The van der Waals surface area contributed by atoms with E-state index in [2.05, 4.69) is 31.9 Å². The van der Waals surface area contributed by atoms with Gasteiger partial charge in [-0.05, 0) is 50.4 Å². The SMILES string of the molecule is C[C@H](O)[C@@H](N)c1cccc(Br)c1Br. The molecular weight excluding hydrogens is 298 g/mol. The molecule has 0 unspecified atom stereocenters. The highest BCUT2D eigenvalue weighted by Gasteiger charge is 2.15. The molecule has 4 heteroatoms. The summed E-state index contributed by atoms with van der Waals surface area (Å²) in [5.74, 6) is 0. The Labute approximate surface area is 94.4 Å². The van der Waals surface area contributed by atoms with Crippen molar-refractivity contribution in [3.05, 3.63) is 32.7 Å². The van der Waals surface area contributed by atoms with E-state index in [-0.39, 0.29) is 6.04 Å². The Kier molecular flexibility index (Phi) is 3.91. The highest BCUT2D eigenvalue weighted by molar-refractivity contribution is 9.13. The number of hydrogen-bond acceptors (Lipinski definition) is 2. The molecule has 0 aromatic heterocycles. The van der Waals surface area contributed by atoms with Crippen LogP contribution in [0.15, 0.2) is 27.1 Å². The van der Waals surface area contributed by atoms with Crippen molar-refractivity contribution < 1.29 is 5.11 Å². The van der Waals surface area contributed by atoms with Crippen molar-refractivity contribution in [3.8, 4) is 0 Å². The van der Waals surface area contributed by atoms with Crippen molar-refractivity contribution in [2.45, 2.75) is 19.1 Å². The van der Waals surface area contributed by atoms with Gasteiger partial charge in [0.15, 0.2) is 0 Å². The Bertz CT molecular complexity index is 302. The van der Waals surface area contributed by atoms with Gasteiger partial charge in [0.05, 0.1) is 12.1 Å². The van der Waals surface area contributed by atoms with Gasteiger partial charge in [-0.15, -0.1) is 0 Å². The quantitative estimate of drug-likeness (QED) is 0.882. The zero-order valence-electron chi connectivity index (χ0n) is 7.17. The van der Waals surface area contributed by atoms with E-state index in [1.807, 2.05) is 18.2 Å². The fourth-order valence-electron chi connectivity index (χ4n) is 1.04. The number of benzene rings is 1. The Balaban J connectivity index is 3.07. The molecule has 3 N–H and O–H groups in total. The molecule has 0 saturated heterocycles. The van der Waals surface area contributed by atoms with Crippen molar-refractivity contribution in [1.82, 2.24) is 0 Å². The maximum absolute atomic E-state index is 9.33. The van der Waals surface area contributed by atoms with Gasteiger partial charge in [0, 0.05) is 8.95 Å². The summed E-state index contributed by atoms with van der Waals surface area (Å²) in [6, 6.07) is 5.35. The van der Waals surface area contributed by atoms with Gasteiger partial charge in [-0.25, -0.2) is 0 Å². The number of hydrogen-bond donors (Lipinski definition) is 2. The first-order valence-electron chi connectivity index (χ1n) is 3.91. The van der Waals surface area contributed by atoms with Gasteiger partial charge in [-0.3, -0.25) is 0 Å². The summed E-state index contributed by atoms with van der Waals surface area (Å²) in [6.45, 7) is 1.68. The van der Waals surface area contributed by atoms with Gasteiger partial charge < -0.3 is 10.8 Å². The monoisotopic (exact) mass is 307 g/mol. The molecule has 0 aliphatic heterocycles. The van der Waals surface area contributed by atoms with Crippen LogP contribution in [-0.2, 0) is 0 Å². The number of rotatable bonds is 2. The average molecular weight is 309 g/mol. The van der Waals surface area contributed by atoms with Crippen molar-refractivity contribution >= 4 is 31.9 Å². The van der Waals surface area contributed by atoms with Crippen LogP contribution < -0.4 is 5.73 Å². The van der Waals surface area contributed by atoms with Crippen LogP contribution in [-0.4, -0.2) is 11.2 Å². The summed E-state index contributed by atoms with van der Waals surface area (Å²) in [6.07, 6.45) is -0.550. The molecule has 0 spiro atoms. The van der Waals surface area contributed by atoms with E-state index in [4.69, 9.17) is 5.73 Å².